The van der Waals surface area contributed by atoms with Crippen molar-refractivity contribution in [1.29, 1.82) is 0 Å². The molecule has 0 aliphatic carbocycles. The quantitative estimate of drug-likeness (QED) is 0.573. The van der Waals surface area contributed by atoms with E-state index in [1.165, 1.54) is 0 Å². The van der Waals surface area contributed by atoms with Gasteiger partial charge in [0.15, 0.2) is 6.61 Å². The minimum absolute atomic E-state index is 0.110. The average Bonchev–Trinajstić information content (AvgIpc) is 2.77. The van der Waals surface area contributed by atoms with Crippen molar-refractivity contribution in [1.82, 2.24) is 0 Å². The van der Waals surface area contributed by atoms with Crippen LogP contribution >= 0.6 is 11.8 Å². The molecule has 0 spiro atoms. The lowest BCUT2D eigenvalue weighted by Gasteiger charge is -2.37. The number of hydrogen-bond donors (Lipinski definition) is 0. The molecule has 0 aromatic heterocycles. The maximum atomic E-state index is 13.2. The number of para-hydroxylation sites is 1. The highest BCUT2D eigenvalue weighted by Gasteiger charge is 2.32. The lowest BCUT2D eigenvalue weighted by atomic mass is 10.1. The first-order chi connectivity index (χ1) is 14.1. The van der Waals surface area contributed by atoms with Crippen molar-refractivity contribution >= 4 is 29.3 Å². The van der Waals surface area contributed by atoms with Gasteiger partial charge in [0, 0.05) is 10.6 Å². The third-order valence-electron chi connectivity index (χ3n) is 4.87. The maximum Gasteiger partial charge on any atom is 0.338 e. The van der Waals surface area contributed by atoms with Gasteiger partial charge in [0.25, 0.3) is 5.91 Å². The van der Waals surface area contributed by atoms with E-state index in [1.807, 2.05) is 67.6 Å². The zero-order valence-electron chi connectivity index (χ0n) is 16.1. The fourth-order valence-corrected chi connectivity index (χ4v) is 4.64. The lowest BCUT2D eigenvalue weighted by Crippen LogP contribution is -2.41. The van der Waals surface area contributed by atoms with E-state index in [0.717, 1.165) is 27.5 Å². The Balaban J connectivity index is 1.57. The summed E-state index contributed by atoms with van der Waals surface area (Å²) in [5, 5.41) is 0. The summed E-state index contributed by atoms with van der Waals surface area (Å²) in [6.07, 6.45) is 0. The van der Waals surface area contributed by atoms with Crippen molar-refractivity contribution in [2.24, 2.45) is 0 Å². The molecule has 4 rings (SSSR count). The van der Waals surface area contributed by atoms with Gasteiger partial charge < -0.3 is 4.74 Å². The summed E-state index contributed by atoms with van der Waals surface area (Å²) in [6.45, 7) is 1.61. The van der Waals surface area contributed by atoms with Gasteiger partial charge in [-0.05, 0) is 36.8 Å². The molecule has 5 heteroatoms. The highest BCUT2D eigenvalue weighted by atomic mass is 32.2. The van der Waals surface area contributed by atoms with Gasteiger partial charge in [-0.25, -0.2) is 4.79 Å². The van der Waals surface area contributed by atoms with Crippen LogP contribution in [0.2, 0.25) is 0 Å². The number of thioether (sulfide) groups is 1. The first-order valence-corrected chi connectivity index (χ1v) is 10.4. The van der Waals surface area contributed by atoms with Crippen LogP contribution in [0.25, 0.3) is 0 Å². The molecule has 3 aromatic rings. The summed E-state index contributed by atoms with van der Waals surface area (Å²) in [6, 6.07) is 24.9. The van der Waals surface area contributed by atoms with E-state index in [4.69, 9.17) is 4.74 Å². The number of carbonyl (C=O) groups is 2. The van der Waals surface area contributed by atoms with Gasteiger partial charge in [-0.3, -0.25) is 9.69 Å². The van der Waals surface area contributed by atoms with Crippen molar-refractivity contribution in [3.63, 3.8) is 0 Å². The van der Waals surface area contributed by atoms with Gasteiger partial charge in [-0.15, -0.1) is 11.8 Å². The Bertz CT molecular complexity index is 1040. The zero-order valence-corrected chi connectivity index (χ0v) is 16.9. The normalized spacial score (nSPS) is 15.5. The Kier molecular flexibility index (Phi) is 5.67. The van der Waals surface area contributed by atoms with Crippen molar-refractivity contribution in [2.45, 2.75) is 17.9 Å². The van der Waals surface area contributed by atoms with Crippen molar-refractivity contribution < 1.29 is 14.3 Å². The molecule has 4 nitrogen and oxygen atoms in total. The molecule has 1 heterocycles. The molecule has 0 fully saturated rings. The van der Waals surface area contributed by atoms with Crippen LogP contribution in [0.1, 0.15) is 27.5 Å². The summed E-state index contributed by atoms with van der Waals surface area (Å²) in [7, 11) is 0. The van der Waals surface area contributed by atoms with Crippen molar-refractivity contribution in [3.8, 4) is 0 Å². The van der Waals surface area contributed by atoms with Gasteiger partial charge in [0.1, 0.15) is 0 Å². The Hall–Kier alpha value is -3.05. The zero-order chi connectivity index (χ0) is 20.2. The number of anilines is 1. The number of esters is 1. The predicted molar refractivity (Wildman–Crippen MR) is 115 cm³/mol. The Labute approximate surface area is 174 Å². The Morgan fingerprint density at radius 2 is 1.76 bits per heavy atom. The largest absolute Gasteiger partial charge is 0.452 e. The summed E-state index contributed by atoms with van der Waals surface area (Å²) in [5.74, 6) is 0.0316. The average molecular weight is 404 g/mol. The first kappa shape index (κ1) is 19.3. The third-order valence-corrected chi connectivity index (χ3v) is 6.01. The molecule has 1 aliphatic heterocycles. The second-order valence-corrected chi connectivity index (χ2v) is 7.98. The van der Waals surface area contributed by atoms with Crippen LogP contribution in [-0.2, 0) is 9.53 Å². The monoisotopic (exact) mass is 403 g/mol. The van der Waals surface area contributed by atoms with Crippen LogP contribution in [0.5, 0.6) is 0 Å². The number of hydrogen-bond acceptors (Lipinski definition) is 4. The van der Waals surface area contributed by atoms with E-state index in [9.17, 15) is 9.59 Å². The molecule has 3 aromatic carbocycles. The number of fused-ring (bicyclic) bond motifs is 1. The van der Waals surface area contributed by atoms with Gasteiger partial charge in [-0.2, -0.15) is 0 Å². The van der Waals surface area contributed by atoms with Crippen LogP contribution in [-0.4, -0.2) is 24.2 Å². The highest BCUT2D eigenvalue weighted by molar-refractivity contribution is 7.99. The molecule has 1 amide bonds. The molecular weight excluding hydrogens is 382 g/mol. The smallest absolute Gasteiger partial charge is 0.338 e. The van der Waals surface area contributed by atoms with Crippen LogP contribution in [0, 0.1) is 6.92 Å². The molecular formula is C24H21NO3S. The van der Waals surface area contributed by atoms with Gasteiger partial charge >= 0.3 is 5.97 Å². The SMILES string of the molecule is Cc1cccc(C(=O)OCC(=O)N2c3ccccc3SC[C@H]2c2ccccc2)c1. The molecule has 29 heavy (non-hydrogen) atoms. The molecule has 0 N–H and O–H groups in total. The number of carbonyl (C=O) groups excluding carboxylic acids is 2. The van der Waals surface area contributed by atoms with Crippen LogP contribution in [0.4, 0.5) is 5.69 Å². The van der Waals surface area contributed by atoms with E-state index in [-0.39, 0.29) is 18.6 Å². The Morgan fingerprint density at radius 3 is 2.55 bits per heavy atom. The molecule has 146 valence electrons. The predicted octanol–water partition coefficient (Wildman–Crippen LogP) is 5.03. The van der Waals surface area contributed by atoms with Crippen molar-refractivity contribution in [2.75, 3.05) is 17.3 Å². The molecule has 1 aliphatic rings. The number of nitrogens with zero attached hydrogens (tertiary/aromatic N) is 1. The number of benzene rings is 3. The molecule has 0 saturated heterocycles. The highest BCUT2D eigenvalue weighted by Crippen LogP contribution is 2.43. The van der Waals surface area contributed by atoms with E-state index >= 15 is 0 Å². The van der Waals surface area contributed by atoms with Gasteiger partial charge in [0.05, 0.1) is 17.3 Å². The summed E-state index contributed by atoms with van der Waals surface area (Å²) in [5.41, 5.74) is 3.34. The molecule has 0 unspecified atom stereocenters. The summed E-state index contributed by atoms with van der Waals surface area (Å²) in [4.78, 5) is 28.4. The maximum absolute atomic E-state index is 13.2. The fourth-order valence-electron chi connectivity index (χ4n) is 3.47. The summed E-state index contributed by atoms with van der Waals surface area (Å²) < 4.78 is 5.36. The molecule has 1 atom stereocenters. The first-order valence-electron chi connectivity index (χ1n) is 9.46. The van der Waals surface area contributed by atoms with E-state index in [2.05, 4.69) is 0 Å². The third kappa shape index (κ3) is 4.20. The Morgan fingerprint density at radius 1 is 1.00 bits per heavy atom. The van der Waals surface area contributed by atoms with E-state index < -0.39 is 5.97 Å². The van der Waals surface area contributed by atoms with Gasteiger partial charge in [-0.1, -0.05) is 60.2 Å². The number of rotatable bonds is 4. The van der Waals surface area contributed by atoms with E-state index in [1.54, 1.807) is 34.9 Å². The van der Waals surface area contributed by atoms with Gasteiger partial charge in [0.2, 0.25) is 0 Å². The standard InChI is InChI=1S/C24H21NO3S/c1-17-8-7-11-19(14-17)24(27)28-15-23(26)25-20-12-5-6-13-22(20)29-16-21(25)18-9-3-2-4-10-18/h2-14,21H,15-16H2,1H3/t21-/m0/s1. The number of aryl methyl sites for hydroxylation is 1. The number of ether oxygens (including phenoxy) is 1. The topological polar surface area (TPSA) is 46.6 Å². The molecule has 0 radical (unpaired) electrons. The minimum Gasteiger partial charge on any atom is -0.452 e. The second kappa shape index (κ2) is 8.53. The lowest BCUT2D eigenvalue weighted by molar-refractivity contribution is -0.122. The molecule has 0 saturated carbocycles. The number of amides is 1. The molecule has 0 bridgehead atoms. The van der Waals surface area contributed by atoms with Crippen LogP contribution in [0.15, 0.2) is 83.8 Å². The van der Waals surface area contributed by atoms with Crippen molar-refractivity contribution in [3.05, 3.63) is 95.6 Å². The fraction of sp³-hybridized carbons (Fsp3) is 0.167. The minimum atomic E-state index is -0.488. The van der Waals surface area contributed by atoms with Crippen LogP contribution in [0.3, 0.4) is 0 Å². The van der Waals surface area contributed by atoms with E-state index in [0.29, 0.717) is 5.56 Å². The summed E-state index contributed by atoms with van der Waals surface area (Å²) >= 11 is 1.73. The van der Waals surface area contributed by atoms with Crippen LogP contribution < -0.4 is 4.90 Å². The second-order valence-electron chi connectivity index (χ2n) is 6.91.